The largest absolute Gasteiger partial charge is 0.481 e. The van der Waals surface area contributed by atoms with Crippen molar-refractivity contribution in [2.75, 3.05) is 6.54 Å². The summed E-state index contributed by atoms with van der Waals surface area (Å²) in [4.78, 5) is 22.0. The van der Waals surface area contributed by atoms with E-state index in [1.807, 2.05) is 0 Å². The number of nitrogens with two attached hydrogens (primary N) is 1. The maximum Gasteiger partial charge on any atom is 0.314 e. The van der Waals surface area contributed by atoms with Crippen LogP contribution in [0.2, 0.25) is 0 Å². The number of aliphatic carboxylic acids is 1. The number of ketones is 1. The van der Waals surface area contributed by atoms with Crippen molar-refractivity contribution in [3.63, 3.8) is 0 Å². The van der Waals surface area contributed by atoms with Gasteiger partial charge in [-0.2, -0.15) is 0 Å². The van der Waals surface area contributed by atoms with Crippen LogP contribution in [0.15, 0.2) is 12.7 Å². The lowest BCUT2D eigenvalue weighted by Crippen LogP contribution is -2.21. The molecule has 92 valence electrons. The smallest absolute Gasteiger partial charge is 0.314 e. The van der Waals surface area contributed by atoms with Crippen LogP contribution in [-0.2, 0) is 9.59 Å². The summed E-state index contributed by atoms with van der Waals surface area (Å²) in [7, 11) is 0. The lowest BCUT2D eigenvalue weighted by molar-refractivity contribution is -0.145. The summed E-state index contributed by atoms with van der Waals surface area (Å²) < 4.78 is 0. The van der Waals surface area contributed by atoms with Crippen molar-refractivity contribution in [2.45, 2.75) is 38.5 Å². The molecule has 0 aromatic carbocycles. The molecule has 0 radical (unpaired) electrons. The van der Waals surface area contributed by atoms with Gasteiger partial charge in [-0.15, -0.1) is 0 Å². The van der Waals surface area contributed by atoms with Crippen molar-refractivity contribution >= 4 is 11.8 Å². The normalized spacial score (nSPS) is 12.1. The van der Waals surface area contributed by atoms with Crippen molar-refractivity contribution < 1.29 is 14.7 Å². The molecule has 0 saturated carbocycles. The second kappa shape index (κ2) is 9.09. The molecular formula is C12H21NO3. The number of hydrogen-bond donors (Lipinski definition) is 2. The van der Waals surface area contributed by atoms with E-state index >= 15 is 0 Å². The molecule has 0 aliphatic rings. The number of carbonyl (C=O) groups excluding carboxylic acids is 1. The predicted molar refractivity (Wildman–Crippen MR) is 63.1 cm³/mol. The molecule has 0 saturated heterocycles. The van der Waals surface area contributed by atoms with Crippen LogP contribution in [0, 0.1) is 5.92 Å². The Morgan fingerprint density at radius 2 is 1.75 bits per heavy atom. The van der Waals surface area contributed by atoms with Gasteiger partial charge in [0.25, 0.3) is 0 Å². The quantitative estimate of drug-likeness (QED) is 0.338. The van der Waals surface area contributed by atoms with Gasteiger partial charge in [-0.1, -0.05) is 32.3 Å². The Bertz CT molecular complexity index is 238. The zero-order valence-electron chi connectivity index (χ0n) is 9.65. The molecule has 3 N–H and O–H groups in total. The zero-order chi connectivity index (χ0) is 12.4. The third-order valence-electron chi connectivity index (χ3n) is 2.54. The van der Waals surface area contributed by atoms with Crippen molar-refractivity contribution in [1.82, 2.24) is 0 Å². The SMILES string of the molecule is C=CC(=O)C(CCCCCCCN)C(=O)O. The highest BCUT2D eigenvalue weighted by Gasteiger charge is 2.22. The van der Waals surface area contributed by atoms with Crippen LogP contribution in [0.3, 0.4) is 0 Å². The van der Waals surface area contributed by atoms with Crippen LogP contribution in [0.1, 0.15) is 38.5 Å². The number of rotatable bonds is 10. The van der Waals surface area contributed by atoms with Gasteiger partial charge < -0.3 is 10.8 Å². The number of hydrogen-bond acceptors (Lipinski definition) is 3. The number of allylic oxidation sites excluding steroid dienone is 1. The fourth-order valence-electron chi connectivity index (χ4n) is 1.55. The van der Waals surface area contributed by atoms with Crippen LogP contribution < -0.4 is 5.73 Å². The Balaban J connectivity index is 3.73. The van der Waals surface area contributed by atoms with Crippen LogP contribution in [0.5, 0.6) is 0 Å². The zero-order valence-corrected chi connectivity index (χ0v) is 9.65. The number of carboxylic acid groups (broad SMARTS) is 1. The van der Waals surface area contributed by atoms with E-state index in [9.17, 15) is 9.59 Å². The summed E-state index contributed by atoms with van der Waals surface area (Å²) in [6, 6.07) is 0. The third-order valence-corrected chi connectivity index (χ3v) is 2.54. The maximum absolute atomic E-state index is 11.2. The Morgan fingerprint density at radius 3 is 2.25 bits per heavy atom. The Labute approximate surface area is 96.5 Å². The fraction of sp³-hybridized carbons (Fsp3) is 0.667. The Morgan fingerprint density at radius 1 is 1.19 bits per heavy atom. The molecule has 0 rings (SSSR count). The van der Waals surface area contributed by atoms with E-state index in [1.54, 1.807) is 0 Å². The van der Waals surface area contributed by atoms with Gasteiger partial charge in [-0.3, -0.25) is 9.59 Å². The van der Waals surface area contributed by atoms with Gasteiger partial charge in [-0.25, -0.2) is 0 Å². The Kier molecular flexibility index (Phi) is 8.43. The summed E-state index contributed by atoms with van der Waals surface area (Å²) in [5.41, 5.74) is 5.36. The summed E-state index contributed by atoms with van der Waals surface area (Å²) in [6.45, 7) is 4.01. The number of unbranched alkanes of at least 4 members (excludes halogenated alkanes) is 4. The first-order chi connectivity index (χ1) is 7.63. The molecule has 1 unspecified atom stereocenters. The molecule has 4 nitrogen and oxygen atoms in total. The monoisotopic (exact) mass is 227 g/mol. The van der Waals surface area contributed by atoms with E-state index in [1.165, 1.54) is 0 Å². The highest BCUT2D eigenvalue weighted by molar-refractivity contribution is 6.03. The molecule has 0 spiro atoms. The molecule has 0 bridgehead atoms. The highest BCUT2D eigenvalue weighted by Crippen LogP contribution is 2.13. The van der Waals surface area contributed by atoms with Crippen LogP contribution in [-0.4, -0.2) is 23.4 Å². The van der Waals surface area contributed by atoms with Gasteiger partial charge in [0.05, 0.1) is 0 Å². The van der Waals surface area contributed by atoms with E-state index in [0.717, 1.165) is 38.2 Å². The van der Waals surface area contributed by atoms with E-state index in [-0.39, 0.29) is 0 Å². The summed E-state index contributed by atoms with van der Waals surface area (Å²) in [5.74, 6) is -2.35. The van der Waals surface area contributed by atoms with Crippen LogP contribution >= 0.6 is 0 Å². The fourth-order valence-corrected chi connectivity index (χ4v) is 1.55. The molecule has 0 amide bonds. The summed E-state index contributed by atoms with van der Waals surface area (Å²) in [6.07, 6.45) is 6.34. The minimum Gasteiger partial charge on any atom is -0.481 e. The lowest BCUT2D eigenvalue weighted by atomic mass is 9.96. The van der Waals surface area contributed by atoms with E-state index < -0.39 is 17.7 Å². The molecular weight excluding hydrogens is 206 g/mol. The first kappa shape index (κ1) is 14.8. The molecule has 0 aromatic heterocycles. The second-order valence-corrected chi connectivity index (χ2v) is 3.84. The Hall–Kier alpha value is -1.16. The summed E-state index contributed by atoms with van der Waals surface area (Å²) >= 11 is 0. The number of carboxylic acids is 1. The topological polar surface area (TPSA) is 80.4 Å². The van der Waals surface area contributed by atoms with Gasteiger partial charge in [0.2, 0.25) is 0 Å². The predicted octanol–water partition coefficient (Wildman–Crippen LogP) is 1.74. The third kappa shape index (κ3) is 6.35. The van der Waals surface area contributed by atoms with Crippen molar-refractivity contribution in [2.24, 2.45) is 11.7 Å². The van der Waals surface area contributed by atoms with Crippen molar-refractivity contribution in [1.29, 1.82) is 0 Å². The minimum atomic E-state index is -1.05. The molecule has 0 fully saturated rings. The molecule has 4 heteroatoms. The maximum atomic E-state index is 11.2. The standard InChI is InChI=1S/C12H21NO3/c1-2-11(14)10(12(15)16)8-6-4-3-5-7-9-13/h2,10H,1,3-9,13H2,(H,15,16). The van der Waals surface area contributed by atoms with E-state index in [2.05, 4.69) is 6.58 Å². The van der Waals surface area contributed by atoms with Crippen molar-refractivity contribution in [3.05, 3.63) is 12.7 Å². The first-order valence-corrected chi connectivity index (χ1v) is 5.72. The summed E-state index contributed by atoms with van der Waals surface area (Å²) in [5, 5.41) is 8.83. The van der Waals surface area contributed by atoms with Crippen LogP contribution in [0.25, 0.3) is 0 Å². The van der Waals surface area contributed by atoms with Crippen molar-refractivity contribution in [3.8, 4) is 0 Å². The lowest BCUT2D eigenvalue weighted by Gasteiger charge is -2.08. The first-order valence-electron chi connectivity index (χ1n) is 5.72. The average molecular weight is 227 g/mol. The molecule has 0 aliphatic heterocycles. The molecule has 1 atom stereocenters. The van der Waals surface area contributed by atoms with Gasteiger partial charge in [-0.05, 0) is 25.5 Å². The minimum absolute atomic E-state index is 0.394. The van der Waals surface area contributed by atoms with E-state index in [4.69, 9.17) is 10.8 Å². The van der Waals surface area contributed by atoms with Gasteiger partial charge >= 0.3 is 5.97 Å². The molecule has 16 heavy (non-hydrogen) atoms. The second-order valence-electron chi connectivity index (χ2n) is 3.84. The highest BCUT2D eigenvalue weighted by atomic mass is 16.4. The van der Waals surface area contributed by atoms with Crippen LogP contribution in [0.4, 0.5) is 0 Å². The van der Waals surface area contributed by atoms with Gasteiger partial charge in [0.1, 0.15) is 5.92 Å². The van der Waals surface area contributed by atoms with Gasteiger partial charge in [0.15, 0.2) is 5.78 Å². The molecule has 0 aromatic rings. The molecule has 0 aliphatic carbocycles. The number of carbonyl (C=O) groups is 2. The molecule has 0 heterocycles. The van der Waals surface area contributed by atoms with Gasteiger partial charge in [0, 0.05) is 0 Å². The average Bonchev–Trinajstić information content (AvgIpc) is 2.26. The van der Waals surface area contributed by atoms with E-state index in [0.29, 0.717) is 13.0 Å².